The summed E-state index contributed by atoms with van der Waals surface area (Å²) in [4.78, 5) is 5.35. The third-order valence-corrected chi connectivity index (χ3v) is 5.73. The van der Waals surface area contributed by atoms with Crippen LogP contribution in [0.3, 0.4) is 0 Å². The van der Waals surface area contributed by atoms with Gasteiger partial charge in [0.25, 0.3) is 0 Å². The van der Waals surface area contributed by atoms with E-state index in [4.69, 9.17) is 0 Å². The van der Waals surface area contributed by atoms with Gasteiger partial charge in [0, 0.05) is 45.3 Å². The second-order valence-electron chi connectivity index (χ2n) is 7.43. The molecule has 2 aliphatic carbocycles. The smallest absolute Gasteiger partial charge is 0.0110 e. The summed E-state index contributed by atoms with van der Waals surface area (Å²) in [5, 5.41) is 3.84. The first-order chi connectivity index (χ1) is 9.80. The van der Waals surface area contributed by atoms with Crippen LogP contribution in [0.25, 0.3) is 0 Å². The fraction of sp³-hybridized carbons (Fsp3) is 1.00. The second kappa shape index (κ2) is 6.76. The summed E-state index contributed by atoms with van der Waals surface area (Å²) in [5.41, 5.74) is 0.592. The van der Waals surface area contributed by atoms with Crippen molar-refractivity contribution in [2.75, 3.05) is 45.8 Å². The SMILES string of the molecule is CCN1CCN(CC2(CNC3CC3)CCCCC2)CC1. The Labute approximate surface area is 125 Å². The van der Waals surface area contributed by atoms with Crippen molar-refractivity contribution >= 4 is 0 Å². The molecule has 1 saturated heterocycles. The van der Waals surface area contributed by atoms with E-state index in [1.807, 2.05) is 0 Å². The lowest BCUT2D eigenvalue weighted by atomic mass is 9.73. The quantitative estimate of drug-likeness (QED) is 0.805. The van der Waals surface area contributed by atoms with Crippen LogP contribution in [0.1, 0.15) is 51.9 Å². The van der Waals surface area contributed by atoms with Crippen molar-refractivity contribution in [2.45, 2.75) is 57.9 Å². The van der Waals surface area contributed by atoms with Crippen molar-refractivity contribution < 1.29 is 0 Å². The van der Waals surface area contributed by atoms with Crippen LogP contribution in [0.2, 0.25) is 0 Å². The van der Waals surface area contributed by atoms with E-state index in [1.54, 1.807) is 0 Å². The molecular weight excluding hydrogens is 246 g/mol. The Morgan fingerprint density at radius 1 is 0.950 bits per heavy atom. The Balaban J connectivity index is 1.52. The van der Waals surface area contributed by atoms with Gasteiger partial charge in [-0.15, -0.1) is 0 Å². The molecule has 3 heteroatoms. The van der Waals surface area contributed by atoms with Crippen molar-refractivity contribution in [1.82, 2.24) is 15.1 Å². The first-order valence-corrected chi connectivity index (χ1v) is 8.98. The fourth-order valence-corrected chi connectivity index (χ4v) is 4.08. The molecule has 2 saturated carbocycles. The number of nitrogens with one attached hydrogen (secondary N) is 1. The van der Waals surface area contributed by atoms with Gasteiger partial charge in [0.15, 0.2) is 0 Å². The predicted octanol–water partition coefficient (Wildman–Crippen LogP) is 2.33. The first-order valence-electron chi connectivity index (χ1n) is 8.98. The second-order valence-corrected chi connectivity index (χ2v) is 7.43. The highest BCUT2D eigenvalue weighted by atomic mass is 15.3. The summed E-state index contributed by atoms with van der Waals surface area (Å²) in [6.45, 7) is 11.3. The number of hydrogen-bond donors (Lipinski definition) is 1. The molecule has 3 fully saturated rings. The molecule has 0 bridgehead atoms. The maximum atomic E-state index is 3.84. The van der Waals surface area contributed by atoms with Crippen LogP contribution in [-0.4, -0.2) is 61.7 Å². The van der Waals surface area contributed by atoms with E-state index in [2.05, 4.69) is 22.0 Å². The van der Waals surface area contributed by atoms with Gasteiger partial charge in [-0.25, -0.2) is 0 Å². The molecular formula is C17H33N3. The lowest BCUT2D eigenvalue weighted by molar-refractivity contribution is 0.0634. The van der Waals surface area contributed by atoms with Crippen molar-refractivity contribution in [3.63, 3.8) is 0 Å². The van der Waals surface area contributed by atoms with Crippen LogP contribution in [0.4, 0.5) is 0 Å². The molecule has 0 radical (unpaired) electrons. The zero-order valence-electron chi connectivity index (χ0n) is 13.4. The molecule has 0 aromatic carbocycles. The monoisotopic (exact) mass is 279 g/mol. The van der Waals surface area contributed by atoms with Gasteiger partial charge >= 0.3 is 0 Å². The number of nitrogens with zero attached hydrogens (tertiary/aromatic N) is 2. The minimum Gasteiger partial charge on any atom is -0.313 e. The lowest BCUT2D eigenvalue weighted by Gasteiger charge is -2.44. The average Bonchev–Trinajstić information content (AvgIpc) is 3.31. The van der Waals surface area contributed by atoms with Crippen molar-refractivity contribution in [3.8, 4) is 0 Å². The van der Waals surface area contributed by atoms with E-state index in [0.717, 1.165) is 6.04 Å². The highest BCUT2D eigenvalue weighted by Crippen LogP contribution is 2.37. The van der Waals surface area contributed by atoms with Crippen molar-refractivity contribution in [1.29, 1.82) is 0 Å². The van der Waals surface area contributed by atoms with Gasteiger partial charge in [-0.05, 0) is 37.6 Å². The maximum absolute atomic E-state index is 3.84. The van der Waals surface area contributed by atoms with Crippen LogP contribution in [0.15, 0.2) is 0 Å². The Bertz CT molecular complexity index is 287. The van der Waals surface area contributed by atoms with Gasteiger partial charge in [-0.1, -0.05) is 26.2 Å². The normalized spacial score (nSPS) is 28.6. The largest absolute Gasteiger partial charge is 0.313 e. The number of likely N-dealkylation sites (N-methyl/N-ethyl adjacent to an activating group) is 1. The molecule has 20 heavy (non-hydrogen) atoms. The zero-order valence-corrected chi connectivity index (χ0v) is 13.4. The summed E-state index contributed by atoms with van der Waals surface area (Å²) in [5.74, 6) is 0. The third kappa shape index (κ3) is 3.96. The molecule has 0 amide bonds. The van der Waals surface area contributed by atoms with Gasteiger partial charge in [0.2, 0.25) is 0 Å². The summed E-state index contributed by atoms with van der Waals surface area (Å²) in [6.07, 6.45) is 10.1. The van der Waals surface area contributed by atoms with Crippen molar-refractivity contribution in [3.05, 3.63) is 0 Å². The lowest BCUT2D eigenvalue weighted by Crippen LogP contribution is -2.52. The van der Waals surface area contributed by atoms with Gasteiger partial charge in [0.1, 0.15) is 0 Å². The van der Waals surface area contributed by atoms with E-state index >= 15 is 0 Å². The predicted molar refractivity (Wildman–Crippen MR) is 85.1 cm³/mol. The Hall–Kier alpha value is -0.120. The molecule has 1 heterocycles. The van der Waals surface area contributed by atoms with E-state index < -0.39 is 0 Å². The van der Waals surface area contributed by atoms with Gasteiger partial charge in [-0.3, -0.25) is 0 Å². The molecule has 3 rings (SSSR count). The average molecular weight is 279 g/mol. The van der Waals surface area contributed by atoms with Crippen LogP contribution < -0.4 is 5.32 Å². The molecule has 3 aliphatic rings. The molecule has 1 N–H and O–H groups in total. The Morgan fingerprint density at radius 2 is 1.60 bits per heavy atom. The van der Waals surface area contributed by atoms with E-state index in [-0.39, 0.29) is 0 Å². The van der Waals surface area contributed by atoms with Crippen LogP contribution >= 0.6 is 0 Å². The van der Waals surface area contributed by atoms with Crippen molar-refractivity contribution in [2.24, 2.45) is 5.41 Å². The summed E-state index contributed by atoms with van der Waals surface area (Å²) in [7, 11) is 0. The maximum Gasteiger partial charge on any atom is 0.0110 e. The molecule has 0 aromatic heterocycles. The van der Waals surface area contributed by atoms with Crippen LogP contribution in [-0.2, 0) is 0 Å². The number of hydrogen-bond acceptors (Lipinski definition) is 3. The molecule has 0 unspecified atom stereocenters. The zero-order chi connectivity index (χ0) is 13.8. The number of rotatable bonds is 6. The highest BCUT2D eigenvalue weighted by Gasteiger charge is 2.36. The summed E-state index contributed by atoms with van der Waals surface area (Å²) < 4.78 is 0. The summed E-state index contributed by atoms with van der Waals surface area (Å²) in [6, 6.07) is 0.866. The van der Waals surface area contributed by atoms with E-state index in [9.17, 15) is 0 Å². The minimum absolute atomic E-state index is 0.592. The molecule has 3 nitrogen and oxygen atoms in total. The van der Waals surface area contributed by atoms with Gasteiger partial charge in [0.05, 0.1) is 0 Å². The topological polar surface area (TPSA) is 18.5 Å². The van der Waals surface area contributed by atoms with Gasteiger partial charge in [-0.2, -0.15) is 0 Å². The Morgan fingerprint density at radius 3 is 2.20 bits per heavy atom. The van der Waals surface area contributed by atoms with Gasteiger partial charge < -0.3 is 15.1 Å². The van der Waals surface area contributed by atoms with Crippen LogP contribution in [0, 0.1) is 5.41 Å². The van der Waals surface area contributed by atoms with E-state index in [1.165, 1.54) is 90.8 Å². The van der Waals surface area contributed by atoms with Crippen LogP contribution in [0.5, 0.6) is 0 Å². The third-order valence-electron chi connectivity index (χ3n) is 5.73. The molecule has 0 aromatic rings. The molecule has 1 aliphatic heterocycles. The minimum atomic E-state index is 0.592. The highest BCUT2D eigenvalue weighted by molar-refractivity contribution is 4.92. The first kappa shape index (κ1) is 14.8. The number of piperazine rings is 1. The fourth-order valence-electron chi connectivity index (χ4n) is 4.08. The molecule has 116 valence electrons. The molecule has 0 atom stereocenters. The standard InChI is InChI=1S/C17H33N3/c1-2-19-10-12-20(13-11-19)15-17(8-4-3-5-9-17)14-18-16-6-7-16/h16,18H,2-15H2,1H3. The van der Waals surface area contributed by atoms with E-state index in [0.29, 0.717) is 5.41 Å². The Kier molecular flexibility index (Phi) is 5.00. The summed E-state index contributed by atoms with van der Waals surface area (Å²) >= 11 is 0. The molecule has 0 spiro atoms.